The normalized spacial score (nSPS) is 15.4. The maximum absolute atomic E-state index is 12.4. The van der Waals surface area contributed by atoms with Gasteiger partial charge in [0.05, 0.1) is 5.56 Å². The first-order chi connectivity index (χ1) is 7.80. The molecule has 1 rings (SSSR count). The van der Waals surface area contributed by atoms with Gasteiger partial charge in [0.2, 0.25) is 0 Å². The number of nitrogens with one attached hydrogen (secondary N) is 1. The minimum Gasteiger partial charge on any atom is -0.369 e. The predicted octanol–water partition coefficient (Wildman–Crippen LogP) is 2.28. The van der Waals surface area contributed by atoms with E-state index in [1.807, 2.05) is 0 Å². The Bertz CT molecular complexity index is 409. The lowest BCUT2D eigenvalue weighted by atomic mass is 10.2. The molecular weight excluding hydrogens is 253 g/mol. The standard InChI is InChI=1S/C10H13F3N2OS/c1-7(17(2)16)6-15-9-5-8(3-4-14-9)10(11,12)13/h3-5,7H,6H2,1-2H3,(H,14,15). The van der Waals surface area contributed by atoms with Crippen molar-refractivity contribution < 1.29 is 17.4 Å². The molecule has 0 aliphatic carbocycles. The van der Waals surface area contributed by atoms with Crippen LogP contribution in [-0.4, -0.2) is 27.2 Å². The lowest BCUT2D eigenvalue weighted by Crippen LogP contribution is -2.21. The van der Waals surface area contributed by atoms with Crippen LogP contribution in [0, 0.1) is 0 Å². The molecule has 2 unspecified atom stereocenters. The van der Waals surface area contributed by atoms with E-state index in [9.17, 15) is 17.4 Å². The molecule has 2 atom stereocenters. The fraction of sp³-hybridized carbons (Fsp3) is 0.500. The minimum atomic E-state index is -4.38. The van der Waals surface area contributed by atoms with Gasteiger partial charge < -0.3 is 5.32 Å². The van der Waals surface area contributed by atoms with Crippen LogP contribution in [0.2, 0.25) is 0 Å². The molecule has 0 spiro atoms. The maximum Gasteiger partial charge on any atom is 0.416 e. The zero-order valence-corrected chi connectivity index (χ0v) is 10.2. The molecule has 0 aromatic carbocycles. The van der Waals surface area contributed by atoms with Crippen molar-refractivity contribution in [3.8, 4) is 0 Å². The van der Waals surface area contributed by atoms with Gasteiger partial charge in [-0.15, -0.1) is 0 Å². The van der Waals surface area contributed by atoms with Crippen LogP contribution in [0.25, 0.3) is 0 Å². The topological polar surface area (TPSA) is 42.0 Å². The Labute approximate surface area is 99.9 Å². The van der Waals surface area contributed by atoms with Gasteiger partial charge in [-0.1, -0.05) is 0 Å². The number of hydrogen-bond acceptors (Lipinski definition) is 3. The van der Waals surface area contributed by atoms with E-state index >= 15 is 0 Å². The summed E-state index contributed by atoms with van der Waals surface area (Å²) in [4.78, 5) is 3.77. The zero-order chi connectivity index (χ0) is 13.1. The van der Waals surface area contributed by atoms with Gasteiger partial charge in [-0.25, -0.2) is 4.98 Å². The second-order valence-corrected chi connectivity index (χ2v) is 5.42. The van der Waals surface area contributed by atoms with Crippen molar-refractivity contribution >= 4 is 16.6 Å². The molecule has 0 radical (unpaired) electrons. The average Bonchev–Trinajstić information content (AvgIpc) is 2.25. The molecule has 0 saturated carbocycles. The highest BCUT2D eigenvalue weighted by molar-refractivity contribution is 7.84. The SMILES string of the molecule is CC(CNc1cc(C(F)(F)F)ccn1)S(C)=O. The van der Waals surface area contributed by atoms with Crippen LogP contribution in [0.15, 0.2) is 18.3 Å². The molecule has 0 bridgehead atoms. The Balaban J connectivity index is 2.70. The second kappa shape index (κ2) is 5.48. The molecule has 96 valence electrons. The summed E-state index contributed by atoms with van der Waals surface area (Å²) in [5.41, 5.74) is -0.750. The molecule has 0 saturated heterocycles. The van der Waals surface area contributed by atoms with E-state index in [4.69, 9.17) is 0 Å². The fourth-order valence-corrected chi connectivity index (χ4v) is 1.39. The third-order valence-corrected chi connectivity index (χ3v) is 3.52. The summed E-state index contributed by atoms with van der Waals surface area (Å²) in [6, 6.07) is 1.85. The molecule has 1 heterocycles. The van der Waals surface area contributed by atoms with Gasteiger partial charge in [0, 0.05) is 35.0 Å². The maximum atomic E-state index is 12.4. The smallest absolute Gasteiger partial charge is 0.369 e. The Morgan fingerprint density at radius 3 is 2.71 bits per heavy atom. The van der Waals surface area contributed by atoms with Gasteiger partial charge in [0.25, 0.3) is 0 Å². The number of hydrogen-bond donors (Lipinski definition) is 1. The third kappa shape index (κ3) is 4.33. The van der Waals surface area contributed by atoms with E-state index in [2.05, 4.69) is 10.3 Å². The first kappa shape index (κ1) is 14.0. The Kier molecular flexibility index (Phi) is 4.50. The van der Waals surface area contributed by atoms with Crippen LogP contribution in [0.5, 0.6) is 0 Å². The van der Waals surface area contributed by atoms with E-state index in [0.29, 0.717) is 6.54 Å². The Hall–Kier alpha value is -1.11. The second-order valence-electron chi connectivity index (χ2n) is 3.62. The van der Waals surface area contributed by atoms with Crippen molar-refractivity contribution in [3.05, 3.63) is 23.9 Å². The molecular formula is C10H13F3N2OS. The summed E-state index contributed by atoms with van der Waals surface area (Å²) in [5.74, 6) is 0.136. The number of anilines is 1. The molecule has 1 aromatic heterocycles. The number of rotatable bonds is 4. The van der Waals surface area contributed by atoms with Crippen molar-refractivity contribution in [2.45, 2.75) is 18.3 Å². The zero-order valence-electron chi connectivity index (χ0n) is 9.41. The minimum absolute atomic E-state index is 0.136. The molecule has 1 N–H and O–H groups in total. The van der Waals surface area contributed by atoms with Crippen molar-refractivity contribution in [1.82, 2.24) is 4.98 Å². The van der Waals surface area contributed by atoms with Gasteiger partial charge in [-0.05, 0) is 19.1 Å². The van der Waals surface area contributed by atoms with Crippen molar-refractivity contribution in [2.24, 2.45) is 0 Å². The fourth-order valence-electron chi connectivity index (χ4n) is 1.07. The quantitative estimate of drug-likeness (QED) is 0.909. The first-order valence-electron chi connectivity index (χ1n) is 4.90. The van der Waals surface area contributed by atoms with Crippen LogP contribution < -0.4 is 5.32 Å². The molecule has 0 fully saturated rings. The van der Waals surface area contributed by atoms with Gasteiger partial charge in [-0.3, -0.25) is 4.21 Å². The average molecular weight is 266 g/mol. The lowest BCUT2D eigenvalue weighted by Gasteiger charge is -2.12. The third-order valence-electron chi connectivity index (χ3n) is 2.22. The Morgan fingerprint density at radius 1 is 1.53 bits per heavy atom. The monoisotopic (exact) mass is 266 g/mol. The molecule has 3 nitrogen and oxygen atoms in total. The van der Waals surface area contributed by atoms with E-state index in [-0.39, 0.29) is 11.1 Å². The Morgan fingerprint density at radius 2 is 2.18 bits per heavy atom. The van der Waals surface area contributed by atoms with E-state index in [1.54, 1.807) is 13.2 Å². The van der Waals surface area contributed by atoms with Crippen molar-refractivity contribution in [1.29, 1.82) is 0 Å². The van der Waals surface area contributed by atoms with Crippen LogP contribution in [0.3, 0.4) is 0 Å². The summed E-state index contributed by atoms with van der Waals surface area (Å²) in [7, 11) is -1.02. The van der Waals surface area contributed by atoms with Crippen molar-refractivity contribution in [2.75, 3.05) is 18.1 Å². The van der Waals surface area contributed by atoms with Crippen LogP contribution in [0.4, 0.5) is 19.0 Å². The summed E-state index contributed by atoms with van der Waals surface area (Å²) >= 11 is 0. The molecule has 1 aromatic rings. The first-order valence-corrected chi connectivity index (χ1v) is 6.52. The molecule has 0 aliphatic heterocycles. The number of alkyl halides is 3. The van der Waals surface area contributed by atoms with Gasteiger partial charge in [0.1, 0.15) is 5.82 Å². The van der Waals surface area contributed by atoms with E-state index < -0.39 is 22.5 Å². The van der Waals surface area contributed by atoms with Gasteiger partial charge in [0.15, 0.2) is 0 Å². The van der Waals surface area contributed by atoms with Crippen LogP contribution >= 0.6 is 0 Å². The van der Waals surface area contributed by atoms with Crippen LogP contribution in [-0.2, 0) is 17.0 Å². The van der Waals surface area contributed by atoms with E-state index in [1.165, 1.54) is 0 Å². The highest BCUT2D eigenvalue weighted by Gasteiger charge is 2.30. The molecule has 0 amide bonds. The van der Waals surface area contributed by atoms with Gasteiger partial charge >= 0.3 is 6.18 Å². The van der Waals surface area contributed by atoms with Crippen molar-refractivity contribution in [3.63, 3.8) is 0 Å². The molecule has 7 heteroatoms. The molecule has 17 heavy (non-hydrogen) atoms. The summed E-state index contributed by atoms with van der Waals surface area (Å²) in [6.07, 6.45) is -1.73. The predicted molar refractivity (Wildman–Crippen MR) is 61.3 cm³/mol. The number of nitrogens with zero attached hydrogens (tertiary/aromatic N) is 1. The summed E-state index contributed by atoms with van der Waals surface area (Å²) in [6.45, 7) is 2.06. The highest BCUT2D eigenvalue weighted by Crippen LogP contribution is 2.29. The number of aromatic nitrogens is 1. The highest BCUT2D eigenvalue weighted by atomic mass is 32.2. The number of halogens is 3. The molecule has 0 aliphatic rings. The van der Waals surface area contributed by atoms with Gasteiger partial charge in [-0.2, -0.15) is 13.2 Å². The lowest BCUT2D eigenvalue weighted by molar-refractivity contribution is -0.137. The van der Waals surface area contributed by atoms with Crippen LogP contribution in [0.1, 0.15) is 12.5 Å². The summed E-state index contributed by atoms with van der Waals surface area (Å²) < 4.78 is 48.2. The van der Waals surface area contributed by atoms with E-state index in [0.717, 1.165) is 18.3 Å². The summed E-state index contributed by atoms with van der Waals surface area (Å²) in [5, 5.41) is 2.59. The number of pyridine rings is 1. The largest absolute Gasteiger partial charge is 0.416 e.